The van der Waals surface area contributed by atoms with E-state index >= 15 is 0 Å². The van der Waals surface area contributed by atoms with Gasteiger partial charge in [0.1, 0.15) is 12.4 Å². The second-order valence-electron chi connectivity index (χ2n) is 4.29. The van der Waals surface area contributed by atoms with Crippen LogP contribution < -0.4 is 0 Å². The van der Waals surface area contributed by atoms with Gasteiger partial charge in [-0.2, -0.15) is 0 Å². The van der Waals surface area contributed by atoms with Gasteiger partial charge in [-0.05, 0) is 23.3 Å². The predicted octanol–water partition coefficient (Wildman–Crippen LogP) is 4.14. The first-order valence-corrected chi connectivity index (χ1v) is 6.07. The van der Waals surface area contributed by atoms with Crippen molar-refractivity contribution < 1.29 is 4.74 Å². The largest absolute Gasteiger partial charge is 0.488 e. The van der Waals surface area contributed by atoms with Crippen LogP contribution in [0.2, 0.25) is 0 Å². The van der Waals surface area contributed by atoms with Gasteiger partial charge in [-0.1, -0.05) is 60.7 Å². The van der Waals surface area contributed by atoms with Gasteiger partial charge in [0.05, 0.1) is 0 Å². The van der Waals surface area contributed by atoms with E-state index in [9.17, 15) is 0 Å². The van der Waals surface area contributed by atoms with Gasteiger partial charge < -0.3 is 4.74 Å². The fraction of sp³-hybridized carbons (Fsp3) is 0.0588. The topological polar surface area (TPSA) is 9.23 Å². The summed E-state index contributed by atoms with van der Waals surface area (Å²) in [4.78, 5) is 0. The third-order valence-corrected chi connectivity index (χ3v) is 2.92. The van der Waals surface area contributed by atoms with Crippen LogP contribution in [-0.4, -0.2) is 6.61 Å². The Kier molecular flexibility index (Phi) is 2.97. The van der Waals surface area contributed by atoms with Crippen LogP contribution in [0.15, 0.2) is 72.3 Å². The normalized spacial score (nSPS) is 16.4. The van der Waals surface area contributed by atoms with Crippen molar-refractivity contribution in [2.75, 3.05) is 6.61 Å². The van der Waals surface area contributed by atoms with Crippen LogP contribution in [0.4, 0.5) is 0 Å². The molecule has 1 heteroatoms. The number of hydrogen-bond acceptors (Lipinski definition) is 1. The molecule has 0 radical (unpaired) electrons. The third-order valence-electron chi connectivity index (χ3n) is 2.92. The molecule has 1 heterocycles. The highest BCUT2D eigenvalue weighted by Gasteiger charge is 2.11. The Morgan fingerprint density at radius 3 is 2.22 bits per heavy atom. The second kappa shape index (κ2) is 4.92. The van der Waals surface area contributed by atoms with Crippen molar-refractivity contribution in [1.29, 1.82) is 0 Å². The average molecular weight is 234 g/mol. The van der Waals surface area contributed by atoms with Gasteiger partial charge in [0, 0.05) is 5.56 Å². The van der Waals surface area contributed by atoms with Gasteiger partial charge in [0.2, 0.25) is 0 Å². The molecule has 0 fully saturated rings. The molecule has 0 aliphatic carbocycles. The van der Waals surface area contributed by atoms with E-state index in [-0.39, 0.29) is 0 Å². The summed E-state index contributed by atoms with van der Waals surface area (Å²) in [7, 11) is 0. The van der Waals surface area contributed by atoms with Gasteiger partial charge in [-0.15, -0.1) is 0 Å². The number of ether oxygens (including phenoxy) is 1. The Bertz CT molecular complexity index is 580. The Morgan fingerprint density at radius 1 is 0.833 bits per heavy atom. The summed E-state index contributed by atoms with van der Waals surface area (Å²) in [5.74, 6) is 0.956. The minimum absolute atomic E-state index is 0.652. The molecule has 1 aliphatic rings. The summed E-state index contributed by atoms with van der Waals surface area (Å²) >= 11 is 0. The van der Waals surface area contributed by atoms with Crippen LogP contribution >= 0.6 is 0 Å². The van der Waals surface area contributed by atoms with Crippen molar-refractivity contribution in [1.82, 2.24) is 0 Å². The molecule has 0 saturated heterocycles. The van der Waals surface area contributed by atoms with Crippen molar-refractivity contribution in [3.63, 3.8) is 0 Å². The monoisotopic (exact) mass is 234 g/mol. The summed E-state index contributed by atoms with van der Waals surface area (Å²) in [6, 6.07) is 20.5. The van der Waals surface area contributed by atoms with Crippen molar-refractivity contribution in [2.24, 2.45) is 0 Å². The van der Waals surface area contributed by atoms with Gasteiger partial charge >= 0.3 is 0 Å². The van der Waals surface area contributed by atoms with Crippen molar-refractivity contribution >= 4 is 11.8 Å². The van der Waals surface area contributed by atoms with Gasteiger partial charge in [0.15, 0.2) is 0 Å². The zero-order chi connectivity index (χ0) is 12.2. The lowest BCUT2D eigenvalue weighted by Gasteiger charge is -2.01. The molecule has 1 nitrogen and oxygen atoms in total. The Morgan fingerprint density at radius 2 is 1.50 bits per heavy atom. The molecule has 88 valence electrons. The lowest BCUT2D eigenvalue weighted by Crippen LogP contribution is -1.86. The summed E-state index contributed by atoms with van der Waals surface area (Å²) < 4.78 is 5.72. The summed E-state index contributed by atoms with van der Waals surface area (Å²) in [6.07, 6.45) is 4.28. The van der Waals surface area contributed by atoms with E-state index in [1.165, 1.54) is 11.1 Å². The summed E-state index contributed by atoms with van der Waals surface area (Å²) in [5, 5.41) is 0. The minimum atomic E-state index is 0.652. The van der Waals surface area contributed by atoms with Crippen LogP contribution in [0.1, 0.15) is 11.1 Å². The van der Waals surface area contributed by atoms with Gasteiger partial charge in [-0.3, -0.25) is 0 Å². The maximum Gasteiger partial charge on any atom is 0.127 e. The first-order valence-electron chi connectivity index (χ1n) is 6.07. The molecule has 18 heavy (non-hydrogen) atoms. The average Bonchev–Trinajstić information content (AvgIpc) is 2.89. The van der Waals surface area contributed by atoms with Crippen LogP contribution in [0.5, 0.6) is 0 Å². The molecule has 2 aromatic rings. The van der Waals surface area contributed by atoms with Crippen molar-refractivity contribution in [3.05, 3.63) is 83.4 Å². The molecule has 3 rings (SSSR count). The standard InChI is InChI=1S/C17H14O/c1-3-7-14(8-4-1)11-15-12-17(18-13-15)16-9-5-2-6-10-16/h1-12H,13H2. The zero-order valence-corrected chi connectivity index (χ0v) is 10.0. The molecular formula is C17H14O. The maximum atomic E-state index is 5.72. The molecular weight excluding hydrogens is 220 g/mol. The lowest BCUT2D eigenvalue weighted by atomic mass is 10.1. The van der Waals surface area contributed by atoms with Crippen LogP contribution in [0.3, 0.4) is 0 Å². The Balaban J connectivity index is 1.86. The van der Waals surface area contributed by atoms with E-state index in [0.29, 0.717) is 6.61 Å². The minimum Gasteiger partial charge on any atom is -0.488 e. The first-order chi connectivity index (χ1) is 8.92. The predicted molar refractivity (Wildman–Crippen MR) is 74.8 cm³/mol. The van der Waals surface area contributed by atoms with E-state index in [2.05, 4.69) is 36.4 Å². The number of benzene rings is 2. The second-order valence-corrected chi connectivity index (χ2v) is 4.29. The van der Waals surface area contributed by atoms with Crippen LogP contribution in [-0.2, 0) is 4.74 Å². The lowest BCUT2D eigenvalue weighted by molar-refractivity contribution is 0.330. The van der Waals surface area contributed by atoms with Crippen molar-refractivity contribution in [2.45, 2.75) is 0 Å². The van der Waals surface area contributed by atoms with Crippen molar-refractivity contribution in [3.8, 4) is 0 Å². The quantitative estimate of drug-likeness (QED) is 0.758. The molecule has 1 aliphatic heterocycles. The van der Waals surface area contributed by atoms with E-state index in [1.807, 2.05) is 36.4 Å². The fourth-order valence-corrected chi connectivity index (χ4v) is 2.03. The molecule has 0 spiro atoms. The molecule has 0 N–H and O–H groups in total. The fourth-order valence-electron chi connectivity index (χ4n) is 2.03. The molecule has 0 bridgehead atoms. The molecule has 0 saturated carbocycles. The third kappa shape index (κ3) is 2.35. The maximum absolute atomic E-state index is 5.72. The highest BCUT2D eigenvalue weighted by molar-refractivity contribution is 5.70. The molecule has 2 aromatic carbocycles. The smallest absolute Gasteiger partial charge is 0.127 e. The summed E-state index contributed by atoms with van der Waals surface area (Å²) in [5.41, 5.74) is 3.55. The number of rotatable bonds is 2. The van der Waals surface area contributed by atoms with E-state index < -0.39 is 0 Å². The summed E-state index contributed by atoms with van der Waals surface area (Å²) in [6.45, 7) is 0.652. The van der Waals surface area contributed by atoms with Gasteiger partial charge in [0.25, 0.3) is 0 Å². The molecule has 0 unspecified atom stereocenters. The van der Waals surface area contributed by atoms with E-state index in [4.69, 9.17) is 4.74 Å². The number of hydrogen-bond donors (Lipinski definition) is 0. The van der Waals surface area contributed by atoms with Crippen LogP contribution in [0.25, 0.3) is 11.8 Å². The zero-order valence-electron chi connectivity index (χ0n) is 10.0. The molecule has 0 amide bonds. The highest BCUT2D eigenvalue weighted by Crippen LogP contribution is 2.25. The van der Waals surface area contributed by atoms with E-state index in [1.54, 1.807) is 0 Å². The Hall–Kier alpha value is -2.28. The highest BCUT2D eigenvalue weighted by atomic mass is 16.5. The molecule has 0 atom stereocenters. The van der Waals surface area contributed by atoms with Crippen LogP contribution in [0, 0.1) is 0 Å². The van der Waals surface area contributed by atoms with Gasteiger partial charge in [-0.25, -0.2) is 0 Å². The Labute approximate surface area is 107 Å². The first kappa shape index (κ1) is 10.8. The molecule has 0 aromatic heterocycles. The van der Waals surface area contributed by atoms with E-state index in [0.717, 1.165) is 11.3 Å². The SMILES string of the molecule is C(=C1C=C(c2ccccc2)OC1)c1ccccc1.